The molecule has 0 saturated carbocycles. The molecule has 4 heterocycles. The van der Waals surface area contributed by atoms with E-state index in [9.17, 15) is 0 Å². The van der Waals surface area contributed by atoms with Gasteiger partial charge in [0.15, 0.2) is 11.2 Å². The summed E-state index contributed by atoms with van der Waals surface area (Å²) in [5.74, 6) is 0. The molecule has 0 radical (unpaired) electrons. The third-order valence-corrected chi connectivity index (χ3v) is 7.24. The van der Waals surface area contributed by atoms with E-state index in [0.29, 0.717) is 0 Å². The van der Waals surface area contributed by atoms with Crippen LogP contribution in [0.4, 0.5) is 0 Å². The van der Waals surface area contributed by atoms with E-state index in [-0.39, 0.29) is 0 Å². The van der Waals surface area contributed by atoms with Crippen LogP contribution in [0.5, 0.6) is 0 Å². The van der Waals surface area contributed by atoms with Crippen molar-refractivity contribution in [2.45, 2.75) is 13.8 Å². The zero-order valence-corrected chi connectivity index (χ0v) is 22.3. The summed E-state index contributed by atoms with van der Waals surface area (Å²) in [7, 11) is 0. The quantitative estimate of drug-likeness (QED) is 0.233. The maximum atomic E-state index is 6.18. The summed E-state index contributed by atoms with van der Waals surface area (Å²) in [5, 5.41) is 2.07. The highest BCUT2D eigenvalue weighted by atomic mass is 16.3. The third kappa shape index (κ3) is 3.85. The number of fused-ring (bicyclic) bond motifs is 6. The Morgan fingerprint density at radius 2 is 0.800 bits per heavy atom. The van der Waals surface area contributed by atoms with E-state index >= 15 is 0 Å². The molecule has 0 N–H and O–H groups in total. The standard InChI is InChI=1S/C34H20N2O2.C2H6/c1-3-7-29-27(5-1)31-33(37-29)25(17-19-35-31)23-13-9-21(10-14-23)22-11-15-24(16-12-22)26-18-20-36-32-28-6-2-4-8-30(28)38-34(26)32;1-2/h1-20H;1-2H3. The Hall–Kier alpha value is -5.22. The number of furan rings is 2. The van der Waals surface area contributed by atoms with Gasteiger partial charge in [0.05, 0.1) is 0 Å². The van der Waals surface area contributed by atoms with Gasteiger partial charge in [0.1, 0.15) is 22.2 Å². The zero-order chi connectivity index (χ0) is 27.1. The molecule has 0 fully saturated rings. The molecule has 0 atom stereocenters. The minimum atomic E-state index is 0.819. The third-order valence-electron chi connectivity index (χ3n) is 7.24. The highest BCUT2D eigenvalue weighted by molar-refractivity contribution is 6.08. The van der Waals surface area contributed by atoms with Crippen molar-refractivity contribution in [3.63, 3.8) is 0 Å². The van der Waals surface area contributed by atoms with E-state index in [1.165, 1.54) is 0 Å². The van der Waals surface area contributed by atoms with E-state index in [4.69, 9.17) is 8.83 Å². The summed E-state index contributed by atoms with van der Waals surface area (Å²) in [6.07, 6.45) is 3.70. The summed E-state index contributed by atoms with van der Waals surface area (Å²) >= 11 is 0. The number of pyridine rings is 2. The molecule has 0 aliphatic carbocycles. The molecule has 192 valence electrons. The predicted octanol–water partition coefficient (Wildman–Crippen LogP) is 10.3. The number of aromatic nitrogens is 2. The van der Waals surface area contributed by atoms with Crippen LogP contribution in [0, 0.1) is 0 Å². The van der Waals surface area contributed by atoms with Gasteiger partial charge in [-0.15, -0.1) is 0 Å². The predicted molar refractivity (Wildman–Crippen MR) is 164 cm³/mol. The van der Waals surface area contributed by atoms with Gasteiger partial charge in [-0.3, -0.25) is 9.97 Å². The maximum Gasteiger partial charge on any atom is 0.161 e. The van der Waals surface area contributed by atoms with E-state index in [2.05, 4.69) is 70.6 Å². The van der Waals surface area contributed by atoms with Crippen LogP contribution in [0.25, 0.3) is 77.5 Å². The van der Waals surface area contributed by atoms with Crippen molar-refractivity contribution in [1.29, 1.82) is 0 Å². The van der Waals surface area contributed by atoms with Crippen LogP contribution in [0.15, 0.2) is 130 Å². The van der Waals surface area contributed by atoms with Crippen LogP contribution in [0.3, 0.4) is 0 Å². The van der Waals surface area contributed by atoms with Crippen LogP contribution in [-0.4, -0.2) is 9.97 Å². The molecule has 0 bridgehead atoms. The Labute approximate surface area is 231 Å². The van der Waals surface area contributed by atoms with Gasteiger partial charge in [0.25, 0.3) is 0 Å². The Morgan fingerprint density at radius 1 is 0.425 bits per heavy atom. The second kappa shape index (κ2) is 9.83. The molecule has 0 aliphatic heterocycles. The first-order valence-electron chi connectivity index (χ1n) is 13.6. The minimum Gasteiger partial charge on any atom is -0.454 e. The zero-order valence-electron chi connectivity index (χ0n) is 22.3. The van der Waals surface area contributed by atoms with Crippen molar-refractivity contribution in [3.8, 4) is 33.4 Å². The number of benzene rings is 4. The van der Waals surface area contributed by atoms with Crippen molar-refractivity contribution in [3.05, 3.63) is 122 Å². The Morgan fingerprint density at radius 3 is 1.23 bits per heavy atom. The topological polar surface area (TPSA) is 52.1 Å². The average molecular weight is 519 g/mol. The molecule has 4 nitrogen and oxygen atoms in total. The van der Waals surface area contributed by atoms with Crippen LogP contribution >= 0.6 is 0 Å². The average Bonchev–Trinajstić information content (AvgIpc) is 3.61. The SMILES string of the molecule is CC.c1ccc2c(c1)oc1c(-c3ccc(-c4ccc(-c5ccnc6c5oc5ccccc56)cc4)cc3)ccnc12. The number of hydrogen-bond donors (Lipinski definition) is 0. The lowest BCUT2D eigenvalue weighted by atomic mass is 9.98. The van der Waals surface area contributed by atoms with Crippen LogP contribution in [-0.2, 0) is 0 Å². The van der Waals surface area contributed by atoms with Crippen LogP contribution in [0.2, 0.25) is 0 Å². The fourth-order valence-corrected chi connectivity index (χ4v) is 5.35. The fraction of sp³-hybridized carbons (Fsp3) is 0.0556. The van der Waals surface area contributed by atoms with Gasteiger partial charge in [0, 0.05) is 34.3 Å². The second-order valence-corrected chi connectivity index (χ2v) is 9.42. The Balaban J connectivity index is 0.00000130. The molecular weight excluding hydrogens is 492 g/mol. The van der Waals surface area contributed by atoms with Crippen molar-refractivity contribution in [1.82, 2.24) is 9.97 Å². The lowest BCUT2D eigenvalue weighted by Gasteiger charge is -2.07. The molecular formula is C36H26N2O2. The molecule has 4 aromatic carbocycles. The fourth-order valence-electron chi connectivity index (χ4n) is 5.35. The number of nitrogens with zero attached hydrogens (tertiary/aromatic N) is 2. The molecule has 8 rings (SSSR count). The summed E-state index contributed by atoms with van der Waals surface area (Å²) in [6.45, 7) is 4.00. The lowest BCUT2D eigenvalue weighted by Crippen LogP contribution is -1.84. The largest absolute Gasteiger partial charge is 0.454 e. The van der Waals surface area contributed by atoms with Crippen molar-refractivity contribution < 1.29 is 8.83 Å². The van der Waals surface area contributed by atoms with E-state index < -0.39 is 0 Å². The summed E-state index contributed by atoms with van der Waals surface area (Å²) in [6, 6.07) is 37.3. The van der Waals surface area contributed by atoms with Crippen LogP contribution < -0.4 is 0 Å². The van der Waals surface area contributed by atoms with Crippen molar-refractivity contribution in [2.75, 3.05) is 0 Å². The Bertz CT molecular complexity index is 1960. The van der Waals surface area contributed by atoms with E-state index in [0.717, 1.165) is 77.5 Å². The number of hydrogen-bond acceptors (Lipinski definition) is 4. The van der Waals surface area contributed by atoms with Crippen molar-refractivity contribution in [2.24, 2.45) is 0 Å². The minimum absolute atomic E-state index is 0.819. The van der Waals surface area contributed by atoms with E-state index in [1.807, 2.05) is 74.8 Å². The monoisotopic (exact) mass is 518 g/mol. The second-order valence-electron chi connectivity index (χ2n) is 9.42. The van der Waals surface area contributed by atoms with Gasteiger partial charge in [0.2, 0.25) is 0 Å². The Kier molecular flexibility index (Phi) is 5.86. The van der Waals surface area contributed by atoms with Gasteiger partial charge in [-0.05, 0) is 58.7 Å². The molecule has 4 aromatic heterocycles. The van der Waals surface area contributed by atoms with Gasteiger partial charge in [-0.25, -0.2) is 0 Å². The first-order chi connectivity index (χ1) is 19.8. The molecule has 0 unspecified atom stereocenters. The molecule has 0 saturated heterocycles. The number of rotatable bonds is 3. The highest BCUT2D eigenvalue weighted by Gasteiger charge is 2.14. The number of para-hydroxylation sites is 2. The highest BCUT2D eigenvalue weighted by Crippen LogP contribution is 2.37. The normalized spacial score (nSPS) is 11.2. The molecule has 4 heteroatoms. The van der Waals surface area contributed by atoms with Crippen molar-refractivity contribution >= 4 is 44.1 Å². The van der Waals surface area contributed by atoms with Gasteiger partial charge < -0.3 is 8.83 Å². The first kappa shape index (κ1) is 23.9. The molecule has 0 spiro atoms. The van der Waals surface area contributed by atoms with E-state index in [1.54, 1.807) is 0 Å². The molecule has 0 amide bonds. The summed E-state index contributed by atoms with van der Waals surface area (Å²) in [4.78, 5) is 9.16. The van der Waals surface area contributed by atoms with Gasteiger partial charge in [-0.2, -0.15) is 0 Å². The lowest BCUT2D eigenvalue weighted by molar-refractivity contribution is 0.669. The summed E-state index contributed by atoms with van der Waals surface area (Å²) in [5.41, 5.74) is 11.7. The first-order valence-corrected chi connectivity index (χ1v) is 13.6. The van der Waals surface area contributed by atoms with Crippen LogP contribution in [0.1, 0.15) is 13.8 Å². The smallest absolute Gasteiger partial charge is 0.161 e. The molecule has 40 heavy (non-hydrogen) atoms. The van der Waals surface area contributed by atoms with Gasteiger partial charge >= 0.3 is 0 Å². The molecule has 8 aromatic rings. The summed E-state index contributed by atoms with van der Waals surface area (Å²) < 4.78 is 12.4. The maximum absolute atomic E-state index is 6.18. The molecule has 0 aliphatic rings. The van der Waals surface area contributed by atoms with Gasteiger partial charge in [-0.1, -0.05) is 86.6 Å².